The summed E-state index contributed by atoms with van der Waals surface area (Å²) in [7, 11) is 3.08. The van der Waals surface area contributed by atoms with Gasteiger partial charge >= 0.3 is 6.03 Å². The Bertz CT molecular complexity index is 1390. The number of carbonyl (C=O) groups is 3. The predicted molar refractivity (Wildman–Crippen MR) is 159 cm³/mol. The summed E-state index contributed by atoms with van der Waals surface area (Å²) in [6.07, 6.45) is -1.07. The largest absolute Gasteiger partial charge is 0.497 e. The highest BCUT2D eigenvalue weighted by atomic mass is 16.7. The molecule has 3 N–H and O–H groups in total. The van der Waals surface area contributed by atoms with Crippen molar-refractivity contribution in [1.82, 2.24) is 5.32 Å². The number of nitrogens with zero attached hydrogens (tertiary/aromatic N) is 1. The Labute approximate surface area is 245 Å². The molecule has 42 heavy (non-hydrogen) atoms. The fraction of sp³-hybridized carbons (Fsp3) is 0.323. The van der Waals surface area contributed by atoms with Gasteiger partial charge in [-0.25, -0.2) is 4.79 Å². The van der Waals surface area contributed by atoms with E-state index in [1.807, 2.05) is 13.8 Å². The lowest BCUT2D eigenvalue weighted by Crippen LogP contribution is -2.56. The van der Waals surface area contributed by atoms with Crippen molar-refractivity contribution in [3.63, 3.8) is 0 Å². The number of hydrogen-bond acceptors (Lipinski definition) is 7. The summed E-state index contributed by atoms with van der Waals surface area (Å²) in [5.74, 6) is 0.221. The van der Waals surface area contributed by atoms with Gasteiger partial charge in [0.2, 0.25) is 5.91 Å². The maximum absolute atomic E-state index is 14.3. The van der Waals surface area contributed by atoms with E-state index in [4.69, 9.17) is 18.9 Å². The number of methoxy groups -OCH3 is 2. The molecule has 0 aliphatic carbocycles. The number of rotatable bonds is 13. The molecule has 0 fully saturated rings. The molecule has 0 bridgehead atoms. The summed E-state index contributed by atoms with van der Waals surface area (Å²) >= 11 is 0. The van der Waals surface area contributed by atoms with Crippen molar-refractivity contribution in [2.45, 2.75) is 32.1 Å². The second-order valence-corrected chi connectivity index (χ2v) is 9.44. The number of carbonyl (C=O) groups excluding carboxylic acids is 3. The second kappa shape index (κ2) is 13.8. The SMILES string of the molecule is CCOC(CN1C(=O)C(CC(=O)Nc2ccc(OC)cc2)(NC(=O)Nc2cccc(OC)c2)c2ccccc21)OCC. The van der Waals surface area contributed by atoms with Gasteiger partial charge in [-0.2, -0.15) is 0 Å². The summed E-state index contributed by atoms with van der Waals surface area (Å²) in [5, 5.41) is 8.43. The average molecular weight is 577 g/mol. The quantitative estimate of drug-likeness (QED) is 0.256. The van der Waals surface area contributed by atoms with Crippen molar-refractivity contribution < 1.29 is 33.3 Å². The van der Waals surface area contributed by atoms with E-state index in [0.29, 0.717) is 47.3 Å². The highest BCUT2D eigenvalue weighted by molar-refractivity contribution is 6.12. The number of fused-ring (bicyclic) bond motifs is 1. The number of amides is 4. The van der Waals surface area contributed by atoms with Crippen LogP contribution in [0.25, 0.3) is 0 Å². The topological polar surface area (TPSA) is 127 Å². The lowest BCUT2D eigenvalue weighted by atomic mass is 9.87. The minimum Gasteiger partial charge on any atom is -0.497 e. The Kier molecular flexibility index (Phi) is 10.00. The third-order valence-corrected chi connectivity index (χ3v) is 6.76. The van der Waals surface area contributed by atoms with Crippen LogP contribution in [0.3, 0.4) is 0 Å². The van der Waals surface area contributed by atoms with Gasteiger partial charge in [-0.05, 0) is 56.3 Å². The van der Waals surface area contributed by atoms with Gasteiger partial charge in [0.25, 0.3) is 5.91 Å². The summed E-state index contributed by atoms with van der Waals surface area (Å²) in [4.78, 5) is 42.8. The van der Waals surface area contributed by atoms with E-state index >= 15 is 0 Å². The normalized spacial score (nSPS) is 15.7. The maximum Gasteiger partial charge on any atom is 0.320 e. The maximum atomic E-state index is 14.3. The molecule has 4 rings (SSSR count). The minimum atomic E-state index is -1.72. The third kappa shape index (κ3) is 6.81. The van der Waals surface area contributed by atoms with Gasteiger partial charge in [0, 0.05) is 36.2 Å². The van der Waals surface area contributed by atoms with Crippen molar-refractivity contribution in [2.24, 2.45) is 0 Å². The van der Waals surface area contributed by atoms with E-state index in [1.165, 1.54) is 12.0 Å². The second-order valence-electron chi connectivity index (χ2n) is 9.44. The summed E-state index contributed by atoms with van der Waals surface area (Å²) in [5.41, 5.74) is 0.269. The van der Waals surface area contributed by atoms with Gasteiger partial charge in [0.15, 0.2) is 11.8 Å². The van der Waals surface area contributed by atoms with Gasteiger partial charge < -0.3 is 39.8 Å². The Morgan fingerprint density at radius 2 is 1.52 bits per heavy atom. The van der Waals surface area contributed by atoms with Crippen LogP contribution in [0.1, 0.15) is 25.8 Å². The molecule has 1 aliphatic heterocycles. The molecule has 11 heteroatoms. The average Bonchev–Trinajstić information content (AvgIpc) is 3.20. The molecule has 1 atom stereocenters. The fourth-order valence-corrected chi connectivity index (χ4v) is 4.89. The molecule has 1 aliphatic rings. The van der Waals surface area contributed by atoms with Gasteiger partial charge in [-0.1, -0.05) is 24.3 Å². The summed E-state index contributed by atoms with van der Waals surface area (Å²) < 4.78 is 21.9. The first kappa shape index (κ1) is 30.4. The monoisotopic (exact) mass is 576 g/mol. The number of nitrogens with one attached hydrogen (secondary N) is 3. The van der Waals surface area contributed by atoms with Crippen molar-refractivity contribution in [2.75, 3.05) is 49.5 Å². The van der Waals surface area contributed by atoms with E-state index in [0.717, 1.165) is 0 Å². The Morgan fingerprint density at radius 3 is 2.19 bits per heavy atom. The molecule has 3 aromatic carbocycles. The number of benzene rings is 3. The van der Waals surface area contributed by atoms with Gasteiger partial charge in [-0.15, -0.1) is 0 Å². The zero-order valence-electron chi connectivity index (χ0n) is 24.1. The van der Waals surface area contributed by atoms with Crippen LogP contribution in [0.5, 0.6) is 11.5 Å². The molecule has 1 unspecified atom stereocenters. The van der Waals surface area contributed by atoms with E-state index in [1.54, 1.807) is 79.9 Å². The van der Waals surface area contributed by atoms with Crippen LogP contribution in [-0.4, -0.2) is 58.1 Å². The van der Waals surface area contributed by atoms with Gasteiger partial charge in [-0.3, -0.25) is 9.59 Å². The highest BCUT2D eigenvalue weighted by Crippen LogP contribution is 2.43. The molecular formula is C31H36N4O7. The van der Waals surface area contributed by atoms with Crippen molar-refractivity contribution in [3.05, 3.63) is 78.4 Å². The molecule has 0 radical (unpaired) electrons. The minimum absolute atomic E-state index is 0.0680. The van der Waals surface area contributed by atoms with Crippen LogP contribution in [0.15, 0.2) is 72.8 Å². The number of ether oxygens (including phenoxy) is 4. The molecule has 0 spiro atoms. The molecule has 4 amide bonds. The van der Waals surface area contributed by atoms with Crippen LogP contribution in [0.2, 0.25) is 0 Å². The molecule has 3 aromatic rings. The van der Waals surface area contributed by atoms with Crippen LogP contribution < -0.4 is 30.3 Å². The first-order chi connectivity index (χ1) is 20.3. The van der Waals surface area contributed by atoms with E-state index < -0.39 is 29.7 Å². The number of para-hydroxylation sites is 1. The van der Waals surface area contributed by atoms with Crippen molar-refractivity contribution in [3.8, 4) is 11.5 Å². The lowest BCUT2D eigenvalue weighted by Gasteiger charge is -2.30. The van der Waals surface area contributed by atoms with E-state index in [-0.39, 0.29) is 13.0 Å². The predicted octanol–water partition coefficient (Wildman–Crippen LogP) is 4.50. The molecule has 0 aromatic heterocycles. The van der Waals surface area contributed by atoms with Crippen LogP contribution in [-0.2, 0) is 24.6 Å². The van der Waals surface area contributed by atoms with E-state index in [2.05, 4.69) is 16.0 Å². The molecule has 1 heterocycles. The zero-order chi connectivity index (χ0) is 30.1. The van der Waals surface area contributed by atoms with Crippen molar-refractivity contribution >= 4 is 34.9 Å². The number of anilines is 3. The Balaban J connectivity index is 1.68. The smallest absolute Gasteiger partial charge is 0.320 e. The Morgan fingerprint density at radius 1 is 0.833 bits per heavy atom. The number of hydrogen-bond donors (Lipinski definition) is 3. The standard InChI is InChI=1S/C31H36N4O7/c1-5-41-28(42-6-2)20-35-26-13-8-7-12-25(26)31(29(35)37,19-27(36)32-21-14-16-23(39-3)17-15-21)34-30(38)33-22-10-9-11-24(18-22)40-4/h7-18,28H,5-6,19-20H2,1-4H3,(H,32,36)(H2,33,34,38). The first-order valence-corrected chi connectivity index (χ1v) is 13.6. The van der Waals surface area contributed by atoms with Crippen LogP contribution in [0.4, 0.5) is 21.9 Å². The third-order valence-electron chi connectivity index (χ3n) is 6.76. The van der Waals surface area contributed by atoms with Gasteiger partial charge in [0.05, 0.1) is 32.9 Å². The van der Waals surface area contributed by atoms with Gasteiger partial charge in [0.1, 0.15) is 11.5 Å². The molecule has 0 saturated heterocycles. The lowest BCUT2D eigenvalue weighted by molar-refractivity contribution is -0.138. The highest BCUT2D eigenvalue weighted by Gasteiger charge is 2.53. The molecular weight excluding hydrogens is 540 g/mol. The Hall–Kier alpha value is -4.61. The number of urea groups is 1. The van der Waals surface area contributed by atoms with E-state index in [9.17, 15) is 14.4 Å². The fourth-order valence-electron chi connectivity index (χ4n) is 4.89. The molecule has 222 valence electrons. The van der Waals surface area contributed by atoms with Crippen LogP contribution >= 0.6 is 0 Å². The molecule has 11 nitrogen and oxygen atoms in total. The zero-order valence-corrected chi connectivity index (χ0v) is 24.1. The van der Waals surface area contributed by atoms with Crippen LogP contribution in [0, 0.1) is 0 Å². The summed E-state index contributed by atoms with van der Waals surface area (Å²) in [6.45, 7) is 4.50. The molecule has 0 saturated carbocycles. The van der Waals surface area contributed by atoms with Crippen molar-refractivity contribution in [1.29, 1.82) is 0 Å². The first-order valence-electron chi connectivity index (χ1n) is 13.6. The summed E-state index contributed by atoms with van der Waals surface area (Å²) in [6, 6.07) is 20.0.